The van der Waals surface area contributed by atoms with Crippen LogP contribution >= 0.6 is 0 Å². The Balaban J connectivity index is 1.45. The molecule has 1 aliphatic rings. The number of fused-ring (bicyclic) bond motifs is 3. The van der Waals surface area contributed by atoms with Crippen LogP contribution in [0.4, 0.5) is 10.6 Å². The fraction of sp³-hybridized carbons (Fsp3) is 0.280. The minimum absolute atomic E-state index is 0.0933. The molecular weight excluding hydrogens is 436 g/mol. The van der Waals surface area contributed by atoms with E-state index in [9.17, 15) is 14.4 Å². The molecular formula is C25H26N4O5. The SMILES string of the molecule is Cn1ncc(C(=O)NC(C)(C)CC(=O)O)c1NC(=O)OCC1c2ccccc2-c2ccccc21. The van der Waals surface area contributed by atoms with Crippen molar-refractivity contribution in [2.75, 3.05) is 11.9 Å². The third-order valence-electron chi connectivity index (χ3n) is 5.79. The maximum absolute atomic E-state index is 12.7. The van der Waals surface area contributed by atoms with Gasteiger partial charge in [-0.3, -0.25) is 19.6 Å². The van der Waals surface area contributed by atoms with Crippen molar-refractivity contribution >= 4 is 23.8 Å². The number of carboxylic acid groups (broad SMARTS) is 1. The molecule has 0 fully saturated rings. The lowest BCUT2D eigenvalue weighted by atomic mass is 9.98. The quantitative estimate of drug-likeness (QED) is 0.491. The number of anilines is 1. The van der Waals surface area contributed by atoms with Crippen LogP contribution in [0.2, 0.25) is 0 Å². The molecule has 1 heterocycles. The van der Waals surface area contributed by atoms with E-state index in [0.29, 0.717) is 0 Å². The van der Waals surface area contributed by atoms with E-state index in [1.54, 1.807) is 20.9 Å². The summed E-state index contributed by atoms with van der Waals surface area (Å²) in [5.41, 5.74) is 3.56. The molecule has 34 heavy (non-hydrogen) atoms. The Hall–Kier alpha value is -4.14. The maximum Gasteiger partial charge on any atom is 0.412 e. The average Bonchev–Trinajstić information content (AvgIpc) is 3.29. The molecule has 0 bridgehead atoms. The lowest BCUT2D eigenvalue weighted by Crippen LogP contribution is -2.45. The van der Waals surface area contributed by atoms with Crippen LogP contribution in [0, 0.1) is 0 Å². The highest BCUT2D eigenvalue weighted by Gasteiger charge is 2.30. The number of nitrogens with one attached hydrogen (secondary N) is 2. The van der Waals surface area contributed by atoms with Gasteiger partial charge in [0, 0.05) is 18.5 Å². The first-order chi connectivity index (χ1) is 16.2. The van der Waals surface area contributed by atoms with Gasteiger partial charge >= 0.3 is 12.1 Å². The molecule has 3 aromatic rings. The Bertz CT molecular complexity index is 1220. The van der Waals surface area contributed by atoms with Crippen molar-refractivity contribution < 1.29 is 24.2 Å². The van der Waals surface area contributed by atoms with Crippen molar-refractivity contribution in [3.05, 3.63) is 71.4 Å². The summed E-state index contributed by atoms with van der Waals surface area (Å²) in [5, 5.41) is 18.4. The highest BCUT2D eigenvalue weighted by Crippen LogP contribution is 2.44. The summed E-state index contributed by atoms with van der Waals surface area (Å²) in [6, 6.07) is 16.1. The molecule has 4 rings (SSSR count). The van der Waals surface area contributed by atoms with Crippen LogP contribution < -0.4 is 10.6 Å². The number of benzene rings is 2. The molecule has 0 unspecified atom stereocenters. The minimum atomic E-state index is -1.03. The zero-order chi connectivity index (χ0) is 24.5. The number of rotatable bonds is 7. The summed E-state index contributed by atoms with van der Waals surface area (Å²) in [7, 11) is 1.58. The van der Waals surface area contributed by atoms with Crippen molar-refractivity contribution in [3.63, 3.8) is 0 Å². The molecule has 9 heteroatoms. The van der Waals surface area contributed by atoms with Gasteiger partial charge in [-0.25, -0.2) is 4.79 Å². The van der Waals surface area contributed by atoms with Gasteiger partial charge in [0.2, 0.25) is 0 Å². The van der Waals surface area contributed by atoms with Crippen molar-refractivity contribution in [2.45, 2.75) is 31.7 Å². The van der Waals surface area contributed by atoms with Gasteiger partial charge in [0.15, 0.2) is 0 Å². The molecule has 3 N–H and O–H groups in total. The summed E-state index contributed by atoms with van der Waals surface area (Å²) in [6.07, 6.45) is 0.337. The number of amides is 2. The number of carboxylic acids is 1. The molecule has 2 amide bonds. The average molecular weight is 463 g/mol. The van der Waals surface area contributed by atoms with E-state index in [1.165, 1.54) is 10.9 Å². The van der Waals surface area contributed by atoms with Gasteiger partial charge in [-0.2, -0.15) is 5.10 Å². The summed E-state index contributed by atoms with van der Waals surface area (Å²) in [6.45, 7) is 3.34. The van der Waals surface area contributed by atoms with Crippen LogP contribution in [0.15, 0.2) is 54.7 Å². The number of hydrogen-bond donors (Lipinski definition) is 3. The number of aliphatic carboxylic acids is 1. The standard InChI is InChI=1S/C25H26N4O5/c1-25(2,12-21(30)31)28-23(32)19-13-26-29(3)22(19)27-24(33)34-14-20-17-10-6-4-8-15(17)16-9-5-7-11-18(16)20/h4-11,13,20H,12,14H2,1-3H3,(H,27,33)(H,28,32)(H,30,31). The number of aromatic nitrogens is 2. The molecule has 0 saturated carbocycles. The van der Waals surface area contributed by atoms with Crippen molar-refractivity contribution in [1.82, 2.24) is 15.1 Å². The van der Waals surface area contributed by atoms with Gasteiger partial charge in [0.1, 0.15) is 18.0 Å². The number of nitrogens with zero attached hydrogens (tertiary/aromatic N) is 2. The van der Waals surface area contributed by atoms with E-state index in [1.807, 2.05) is 36.4 Å². The highest BCUT2D eigenvalue weighted by atomic mass is 16.5. The van der Waals surface area contributed by atoms with Crippen LogP contribution in [0.1, 0.15) is 47.7 Å². The third-order valence-corrected chi connectivity index (χ3v) is 5.79. The number of carbonyl (C=O) groups excluding carboxylic acids is 2. The molecule has 0 atom stereocenters. The van der Waals surface area contributed by atoms with Gasteiger partial charge in [-0.1, -0.05) is 48.5 Å². The Kier molecular flexibility index (Phi) is 6.10. The number of carbonyl (C=O) groups is 3. The van der Waals surface area contributed by atoms with E-state index in [2.05, 4.69) is 27.9 Å². The zero-order valence-electron chi connectivity index (χ0n) is 19.2. The van der Waals surface area contributed by atoms with Crippen LogP contribution in [-0.4, -0.2) is 45.0 Å². The van der Waals surface area contributed by atoms with Gasteiger partial charge < -0.3 is 15.2 Å². The fourth-order valence-corrected chi connectivity index (χ4v) is 4.28. The smallest absolute Gasteiger partial charge is 0.412 e. The Labute approximate surface area is 196 Å². The van der Waals surface area contributed by atoms with Gasteiger partial charge in [0.05, 0.1) is 12.6 Å². The Morgan fingerprint density at radius 1 is 1.06 bits per heavy atom. The summed E-state index contributed by atoms with van der Waals surface area (Å²) >= 11 is 0. The summed E-state index contributed by atoms with van der Waals surface area (Å²) in [5.74, 6) is -1.52. The zero-order valence-corrected chi connectivity index (χ0v) is 19.2. The van der Waals surface area contributed by atoms with Crippen molar-refractivity contribution in [1.29, 1.82) is 0 Å². The first-order valence-electron chi connectivity index (χ1n) is 10.8. The van der Waals surface area contributed by atoms with E-state index in [4.69, 9.17) is 9.84 Å². The van der Waals surface area contributed by atoms with Gasteiger partial charge in [-0.05, 0) is 36.1 Å². The molecule has 176 valence electrons. The molecule has 1 aliphatic carbocycles. The highest BCUT2D eigenvalue weighted by molar-refractivity contribution is 6.02. The first-order valence-corrected chi connectivity index (χ1v) is 10.8. The lowest BCUT2D eigenvalue weighted by Gasteiger charge is -2.24. The maximum atomic E-state index is 12.7. The summed E-state index contributed by atoms with van der Waals surface area (Å²) < 4.78 is 6.90. The monoisotopic (exact) mass is 462 g/mol. The van der Waals surface area contributed by atoms with Crippen LogP contribution in [0.3, 0.4) is 0 Å². The topological polar surface area (TPSA) is 123 Å². The normalized spacial score (nSPS) is 12.6. The lowest BCUT2D eigenvalue weighted by molar-refractivity contribution is -0.138. The van der Waals surface area contributed by atoms with E-state index < -0.39 is 23.5 Å². The van der Waals surface area contributed by atoms with Crippen molar-refractivity contribution in [2.24, 2.45) is 7.05 Å². The molecule has 0 spiro atoms. The van der Waals surface area contributed by atoms with E-state index in [0.717, 1.165) is 22.3 Å². The van der Waals surface area contributed by atoms with Gasteiger partial charge in [0.25, 0.3) is 5.91 Å². The first kappa shape index (κ1) is 23.0. The number of ether oxygens (including phenoxy) is 1. The molecule has 0 aliphatic heterocycles. The second kappa shape index (κ2) is 9.01. The van der Waals surface area contributed by atoms with Crippen LogP contribution in [0.25, 0.3) is 11.1 Å². The summed E-state index contributed by atoms with van der Waals surface area (Å²) in [4.78, 5) is 36.5. The molecule has 0 saturated heterocycles. The third kappa shape index (κ3) is 4.63. The predicted molar refractivity (Wildman–Crippen MR) is 126 cm³/mol. The predicted octanol–water partition coefficient (Wildman–Crippen LogP) is 3.76. The second-order valence-corrected chi connectivity index (χ2v) is 8.89. The number of aryl methyl sites for hydroxylation is 1. The minimum Gasteiger partial charge on any atom is -0.481 e. The van der Waals surface area contributed by atoms with Crippen LogP contribution in [-0.2, 0) is 16.6 Å². The van der Waals surface area contributed by atoms with Crippen molar-refractivity contribution in [3.8, 4) is 11.1 Å². The van der Waals surface area contributed by atoms with E-state index >= 15 is 0 Å². The Morgan fingerprint density at radius 2 is 1.65 bits per heavy atom. The fourth-order valence-electron chi connectivity index (χ4n) is 4.28. The van der Waals surface area contributed by atoms with Crippen LogP contribution in [0.5, 0.6) is 0 Å². The largest absolute Gasteiger partial charge is 0.481 e. The van der Waals surface area contributed by atoms with E-state index in [-0.39, 0.29) is 30.3 Å². The molecule has 2 aromatic carbocycles. The van der Waals surface area contributed by atoms with Gasteiger partial charge in [-0.15, -0.1) is 0 Å². The molecule has 0 radical (unpaired) electrons. The molecule has 9 nitrogen and oxygen atoms in total. The molecule has 1 aromatic heterocycles. The number of hydrogen-bond acceptors (Lipinski definition) is 5. The Morgan fingerprint density at radius 3 is 2.24 bits per heavy atom. The second-order valence-electron chi connectivity index (χ2n) is 8.89.